The lowest BCUT2D eigenvalue weighted by molar-refractivity contribution is -0.787. The summed E-state index contributed by atoms with van der Waals surface area (Å²) in [4.78, 5) is 11.2. The second-order valence-electron chi connectivity index (χ2n) is 7.00. The number of piperazine rings is 1. The van der Waals surface area contributed by atoms with Gasteiger partial charge in [-0.05, 0) is 19.9 Å². The fourth-order valence-electron chi connectivity index (χ4n) is 4.41. The minimum absolute atomic E-state index is 0.0253. The number of hydrogen-bond donors (Lipinski definition) is 0. The topological polar surface area (TPSA) is 41.8 Å². The van der Waals surface area contributed by atoms with E-state index in [4.69, 9.17) is 39.6 Å². The molecule has 5 nitrogen and oxygen atoms in total. The van der Waals surface area contributed by atoms with Crippen molar-refractivity contribution >= 4 is 40.5 Å². The fraction of sp³-hybridized carbons (Fsp3) is 0.933. The van der Waals surface area contributed by atoms with Gasteiger partial charge in [-0.1, -0.05) is 47.6 Å². The lowest BCUT2D eigenvalue weighted by atomic mass is 9.71. The van der Waals surface area contributed by atoms with Crippen LogP contribution in [0.1, 0.15) is 32.6 Å². The standard InChI is InChI=1S/C15H24Cl3N3O2/c1-11-13(15(16,17)18)12-5-3-4-6-14(12,23-21(11)22)20-9-7-19(2)8-10-20/h12-13H,3-10H2,1-2H3. The minimum Gasteiger partial charge on any atom is -0.381 e. The van der Waals surface area contributed by atoms with Gasteiger partial charge >= 0.3 is 0 Å². The molecule has 1 saturated carbocycles. The third kappa shape index (κ3) is 3.15. The molecule has 0 aromatic rings. The smallest absolute Gasteiger partial charge is 0.226 e. The molecule has 0 bridgehead atoms. The van der Waals surface area contributed by atoms with Gasteiger partial charge in [-0.2, -0.15) is 0 Å². The molecule has 3 atom stereocenters. The summed E-state index contributed by atoms with van der Waals surface area (Å²) in [6.45, 7) is 5.36. The van der Waals surface area contributed by atoms with Crippen LogP contribution in [0.15, 0.2) is 0 Å². The summed E-state index contributed by atoms with van der Waals surface area (Å²) in [5, 5.41) is 12.5. The van der Waals surface area contributed by atoms with E-state index in [0.717, 1.165) is 51.9 Å². The van der Waals surface area contributed by atoms with Gasteiger partial charge in [0.15, 0.2) is 0 Å². The molecule has 1 aliphatic carbocycles. The molecule has 2 fully saturated rings. The quantitative estimate of drug-likeness (QED) is 0.515. The maximum atomic E-state index is 12.5. The monoisotopic (exact) mass is 383 g/mol. The lowest BCUT2D eigenvalue weighted by Crippen LogP contribution is -2.68. The number of halogens is 3. The Kier molecular flexibility index (Phi) is 4.98. The van der Waals surface area contributed by atoms with Crippen LogP contribution >= 0.6 is 34.8 Å². The molecule has 3 rings (SSSR count). The van der Waals surface area contributed by atoms with Crippen LogP contribution in [0.2, 0.25) is 0 Å². The van der Waals surface area contributed by atoms with Gasteiger partial charge in [0.2, 0.25) is 9.50 Å². The summed E-state index contributed by atoms with van der Waals surface area (Å²) in [6.07, 6.45) is 3.83. The Morgan fingerprint density at radius 1 is 1.22 bits per heavy atom. The molecule has 23 heavy (non-hydrogen) atoms. The maximum absolute atomic E-state index is 12.5. The summed E-state index contributed by atoms with van der Waals surface area (Å²) < 4.78 is -1.50. The molecule has 3 aliphatic rings. The van der Waals surface area contributed by atoms with Crippen molar-refractivity contribution in [2.75, 3.05) is 33.2 Å². The van der Waals surface area contributed by atoms with Crippen molar-refractivity contribution in [2.45, 2.75) is 42.1 Å². The number of hydrogen-bond acceptors (Lipinski definition) is 4. The van der Waals surface area contributed by atoms with Gasteiger partial charge in [-0.3, -0.25) is 10.1 Å². The van der Waals surface area contributed by atoms with Crippen LogP contribution in [0.25, 0.3) is 0 Å². The molecule has 0 spiro atoms. The second kappa shape index (κ2) is 6.41. The number of likely N-dealkylation sites (N-methyl/N-ethyl adjacent to an activating group) is 1. The average Bonchev–Trinajstić information content (AvgIpc) is 2.47. The van der Waals surface area contributed by atoms with E-state index in [2.05, 4.69) is 16.8 Å². The molecular weight excluding hydrogens is 361 g/mol. The van der Waals surface area contributed by atoms with Crippen LogP contribution in [-0.2, 0) is 4.84 Å². The van der Waals surface area contributed by atoms with E-state index in [-0.39, 0.29) is 5.92 Å². The Hall–Kier alpha value is 0.0600. The van der Waals surface area contributed by atoms with Crippen LogP contribution in [0.3, 0.4) is 0 Å². The highest BCUT2D eigenvalue weighted by atomic mass is 35.6. The Morgan fingerprint density at radius 2 is 1.87 bits per heavy atom. The second-order valence-corrected chi connectivity index (χ2v) is 9.37. The molecular formula is C15H24Cl3N3O2. The van der Waals surface area contributed by atoms with E-state index in [9.17, 15) is 5.21 Å². The van der Waals surface area contributed by atoms with E-state index in [1.807, 2.05) is 0 Å². The zero-order valence-corrected chi connectivity index (χ0v) is 15.9. The predicted octanol–water partition coefficient (Wildman–Crippen LogP) is 3.02. The first-order valence-corrected chi connectivity index (χ1v) is 9.39. The SMILES string of the molecule is CC1=[N+]([O-])OC2(N3CCN(C)CC3)CCCCC2C1C(Cl)(Cl)Cl. The van der Waals surface area contributed by atoms with Crippen molar-refractivity contribution in [1.29, 1.82) is 0 Å². The van der Waals surface area contributed by atoms with Crippen molar-refractivity contribution in [3.05, 3.63) is 5.21 Å². The summed E-state index contributed by atoms with van der Waals surface area (Å²) >= 11 is 18.8. The van der Waals surface area contributed by atoms with E-state index >= 15 is 0 Å². The summed E-state index contributed by atoms with van der Waals surface area (Å²) in [5.41, 5.74) is -0.184. The summed E-state index contributed by atoms with van der Waals surface area (Å²) in [5.74, 6) is -0.393. The number of alkyl halides is 3. The zero-order chi connectivity index (χ0) is 16.8. The molecule has 0 aromatic carbocycles. The van der Waals surface area contributed by atoms with Gasteiger partial charge in [0, 0.05) is 43.9 Å². The average molecular weight is 385 g/mol. The van der Waals surface area contributed by atoms with E-state index < -0.39 is 15.4 Å². The Labute approximate surface area is 152 Å². The maximum Gasteiger partial charge on any atom is 0.226 e. The molecule has 1 saturated heterocycles. The van der Waals surface area contributed by atoms with Crippen molar-refractivity contribution in [1.82, 2.24) is 9.80 Å². The predicted molar refractivity (Wildman–Crippen MR) is 92.9 cm³/mol. The van der Waals surface area contributed by atoms with Crippen molar-refractivity contribution in [2.24, 2.45) is 11.8 Å². The highest BCUT2D eigenvalue weighted by Crippen LogP contribution is 2.53. The van der Waals surface area contributed by atoms with Crippen LogP contribution in [0, 0.1) is 17.0 Å². The Morgan fingerprint density at radius 3 is 2.48 bits per heavy atom. The van der Waals surface area contributed by atoms with Gasteiger partial charge in [-0.15, -0.1) is 0 Å². The normalized spacial score (nSPS) is 37.4. The molecule has 0 aromatic heterocycles. The highest BCUT2D eigenvalue weighted by Gasteiger charge is 2.59. The molecule has 8 heteroatoms. The minimum atomic E-state index is -1.50. The molecule has 0 radical (unpaired) electrons. The first-order valence-electron chi connectivity index (χ1n) is 8.26. The molecule has 0 amide bonds. The first-order chi connectivity index (χ1) is 10.8. The van der Waals surface area contributed by atoms with E-state index in [1.54, 1.807) is 6.92 Å². The molecule has 2 heterocycles. The van der Waals surface area contributed by atoms with Gasteiger partial charge in [0.1, 0.15) is 5.72 Å². The third-order valence-corrected chi connectivity index (χ3v) is 6.36. The van der Waals surface area contributed by atoms with Gasteiger partial charge in [0.05, 0.1) is 5.92 Å². The van der Waals surface area contributed by atoms with Crippen molar-refractivity contribution < 1.29 is 9.74 Å². The lowest BCUT2D eigenvalue weighted by Gasteiger charge is -2.57. The molecule has 2 aliphatic heterocycles. The fourth-order valence-corrected chi connectivity index (χ4v) is 5.34. The largest absolute Gasteiger partial charge is 0.381 e. The highest BCUT2D eigenvalue weighted by molar-refractivity contribution is 6.68. The van der Waals surface area contributed by atoms with Crippen LogP contribution in [0.5, 0.6) is 0 Å². The number of rotatable bonds is 1. The Balaban J connectivity index is 1.99. The number of nitrogens with zero attached hydrogens (tertiary/aromatic N) is 3. The van der Waals surface area contributed by atoms with Crippen molar-refractivity contribution in [3.63, 3.8) is 0 Å². The van der Waals surface area contributed by atoms with Crippen molar-refractivity contribution in [3.8, 4) is 0 Å². The summed E-state index contributed by atoms with van der Waals surface area (Å²) in [7, 11) is 2.11. The van der Waals surface area contributed by atoms with Crippen LogP contribution in [-0.4, -0.2) is 63.2 Å². The summed E-state index contributed by atoms with van der Waals surface area (Å²) in [6, 6.07) is 0. The third-order valence-electron chi connectivity index (χ3n) is 5.65. The van der Waals surface area contributed by atoms with Gasteiger partial charge < -0.3 is 9.74 Å². The van der Waals surface area contributed by atoms with Gasteiger partial charge in [0.25, 0.3) is 0 Å². The van der Waals surface area contributed by atoms with Gasteiger partial charge in [-0.25, -0.2) is 0 Å². The molecule has 0 N–H and O–H groups in total. The molecule has 3 unspecified atom stereocenters. The van der Waals surface area contributed by atoms with E-state index in [1.165, 1.54) is 0 Å². The zero-order valence-electron chi connectivity index (χ0n) is 13.6. The number of fused-ring (bicyclic) bond motifs is 1. The van der Waals surface area contributed by atoms with Crippen LogP contribution < -0.4 is 0 Å². The first kappa shape index (κ1) is 17.9. The van der Waals surface area contributed by atoms with E-state index in [0.29, 0.717) is 10.6 Å². The van der Waals surface area contributed by atoms with Crippen LogP contribution in [0.4, 0.5) is 0 Å². The Bertz CT molecular complexity index is 489. The molecule has 132 valence electrons.